The van der Waals surface area contributed by atoms with Crippen molar-refractivity contribution in [2.24, 2.45) is 0 Å². The van der Waals surface area contributed by atoms with E-state index in [4.69, 9.17) is 16.3 Å². The van der Waals surface area contributed by atoms with Crippen LogP contribution in [0.1, 0.15) is 86.5 Å². The van der Waals surface area contributed by atoms with Gasteiger partial charge in [-0.25, -0.2) is 4.79 Å². The van der Waals surface area contributed by atoms with Gasteiger partial charge in [-0.2, -0.15) is 15.0 Å². The molecule has 0 radical (unpaired) electrons. The van der Waals surface area contributed by atoms with E-state index in [-0.39, 0.29) is 5.28 Å². The summed E-state index contributed by atoms with van der Waals surface area (Å²) in [6.45, 7) is 13.3. The molecule has 1 rings (SSSR count). The van der Waals surface area contributed by atoms with Crippen molar-refractivity contribution in [1.82, 2.24) is 20.3 Å². The second-order valence-electron chi connectivity index (χ2n) is 7.66. The van der Waals surface area contributed by atoms with Crippen LogP contribution in [0, 0.1) is 0 Å². The van der Waals surface area contributed by atoms with Gasteiger partial charge in [-0.3, -0.25) is 0 Å². The van der Waals surface area contributed by atoms with Gasteiger partial charge in [0.15, 0.2) is 0 Å². The highest BCUT2D eigenvalue weighted by atomic mass is 35.5. The summed E-state index contributed by atoms with van der Waals surface area (Å²) >= 11 is 5.96. The molecular formula is C21H41ClN6O2. The van der Waals surface area contributed by atoms with Crippen molar-refractivity contribution < 1.29 is 9.53 Å². The number of rotatable bonds is 13. The number of carbonyl (C=O) groups excluding carboxylic acids is 1. The van der Waals surface area contributed by atoms with Gasteiger partial charge in [0, 0.05) is 19.6 Å². The third-order valence-corrected chi connectivity index (χ3v) is 3.92. The summed E-state index contributed by atoms with van der Waals surface area (Å²) < 4.78 is 5.17. The van der Waals surface area contributed by atoms with Crippen LogP contribution in [0.5, 0.6) is 0 Å². The Morgan fingerprint density at radius 1 is 0.867 bits per heavy atom. The van der Waals surface area contributed by atoms with Gasteiger partial charge in [-0.15, -0.1) is 0 Å². The van der Waals surface area contributed by atoms with Crippen molar-refractivity contribution in [2.45, 2.75) is 92.1 Å². The zero-order chi connectivity index (χ0) is 22.8. The monoisotopic (exact) mass is 444 g/mol. The van der Waals surface area contributed by atoms with Crippen LogP contribution in [0.3, 0.4) is 0 Å². The summed E-state index contributed by atoms with van der Waals surface area (Å²) in [5, 5.41) is 8.99. The number of halogens is 1. The van der Waals surface area contributed by atoms with Gasteiger partial charge in [0.05, 0.1) is 0 Å². The quantitative estimate of drug-likeness (QED) is 0.338. The van der Waals surface area contributed by atoms with Crippen LogP contribution < -0.4 is 16.0 Å². The number of hydrogen-bond acceptors (Lipinski definition) is 7. The van der Waals surface area contributed by atoms with E-state index < -0.39 is 11.7 Å². The largest absolute Gasteiger partial charge is 0.444 e. The van der Waals surface area contributed by atoms with Crippen molar-refractivity contribution in [3.05, 3.63) is 5.28 Å². The standard InChI is InChI=1S/C19H35ClN6O2.C2H6/c1-5-6-7-8-9-10-11-12-21-16-24-15(20)25-17(26-16)22-13-14-23-18(27)28-19(2,3)4;1-2/h5-14H2,1-4H3,(H,23,27)(H2,21,22,24,25,26);1-2H3. The minimum atomic E-state index is -0.519. The molecular weight excluding hydrogens is 404 g/mol. The van der Waals surface area contributed by atoms with E-state index in [1.807, 2.05) is 34.6 Å². The van der Waals surface area contributed by atoms with Gasteiger partial charge in [0.2, 0.25) is 17.2 Å². The maximum absolute atomic E-state index is 11.6. The molecule has 0 bridgehead atoms. The number of amides is 1. The van der Waals surface area contributed by atoms with Crippen LogP contribution in [0.4, 0.5) is 16.7 Å². The van der Waals surface area contributed by atoms with E-state index in [0.717, 1.165) is 13.0 Å². The number of aromatic nitrogens is 3. The molecule has 0 aliphatic heterocycles. The number of nitrogens with zero attached hydrogens (tertiary/aromatic N) is 3. The molecule has 0 aliphatic carbocycles. The molecule has 1 aromatic heterocycles. The van der Waals surface area contributed by atoms with Crippen molar-refractivity contribution in [3.8, 4) is 0 Å². The molecule has 30 heavy (non-hydrogen) atoms. The van der Waals surface area contributed by atoms with Gasteiger partial charge < -0.3 is 20.7 Å². The molecule has 1 amide bonds. The second kappa shape index (κ2) is 16.9. The molecule has 0 aliphatic rings. The third kappa shape index (κ3) is 16.0. The minimum absolute atomic E-state index is 0.125. The van der Waals surface area contributed by atoms with E-state index >= 15 is 0 Å². The van der Waals surface area contributed by atoms with Crippen LogP contribution in [0.15, 0.2) is 0 Å². The maximum Gasteiger partial charge on any atom is 0.407 e. The van der Waals surface area contributed by atoms with Gasteiger partial charge in [-0.05, 0) is 38.8 Å². The van der Waals surface area contributed by atoms with E-state index in [1.165, 1.54) is 38.5 Å². The van der Waals surface area contributed by atoms with Crippen LogP contribution in [-0.4, -0.2) is 46.3 Å². The summed E-state index contributed by atoms with van der Waals surface area (Å²) in [7, 11) is 0. The fourth-order valence-electron chi connectivity index (χ4n) is 2.44. The van der Waals surface area contributed by atoms with Crippen molar-refractivity contribution in [3.63, 3.8) is 0 Å². The number of nitrogens with one attached hydrogen (secondary N) is 3. The second-order valence-corrected chi connectivity index (χ2v) is 7.99. The average molecular weight is 445 g/mol. The Bertz CT molecular complexity index is 581. The van der Waals surface area contributed by atoms with E-state index in [9.17, 15) is 4.79 Å². The first-order valence-corrected chi connectivity index (χ1v) is 11.5. The predicted molar refractivity (Wildman–Crippen MR) is 125 cm³/mol. The van der Waals surface area contributed by atoms with Crippen molar-refractivity contribution in [2.75, 3.05) is 30.3 Å². The lowest BCUT2D eigenvalue weighted by atomic mass is 10.1. The first-order chi connectivity index (χ1) is 14.3. The molecule has 1 aromatic rings. The highest BCUT2D eigenvalue weighted by Crippen LogP contribution is 2.11. The summed E-state index contributed by atoms with van der Waals surface area (Å²) in [4.78, 5) is 24.0. The molecule has 3 N–H and O–H groups in total. The molecule has 9 heteroatoms. The van der Waals surface area contributed by atoms with Crippen molar-refractivity contribution >= 4 is 29.6 Å². The Morgan fingerprint density at radius 3 is 1.97 bits per heavy atom. The Balaban J connectivity index is 0.00000407. The first-order valence-electron chi connectivity index (χ1n) is 11.2. The summed E-state index contributed by atoms with van der Waals surface area (Å²) in [5.41, 5.74) is -0.519. The number of alkyl carbamates (subject to hydrolysis) is 1. The highest BCUT2D eigenvalue weighted by Gasteiger charge is 2.15. The molecule has 0 fully saturated rings. The van der Waals surface area contributed by atoms with Gasteiger partial charge >= 0.3 is 6.09 Å². The first kappa shape index (κ1) is 28.2. The Morgan fingerprint density at radius 2 is 1.40 bits per heavy atom. The Kier molecular flexibility index (Phi) is 15.9. The fraction of sp³-hybridized carbons (Fsp3) is 0.810. The summed E-state index contributed by atoms with van der Waals surface area (Å²) in [5.74, 6) is 0.821. The number of hydrogen-bond donors (Lipinski definition) is 3. The number of ether oxygens (including phenoxy) is 1. The van der Waals surface area contributed by atoms with Crippen LogP contribution >= 0.6 is 11.6 Å². The minimum Gasteiger partial charge on any atom is -0.444 e. The van der Waals surface area contributed by atoms with Gasteiger partial charge in [-0.1, -0.05) is 59.3 Å². The van der Waals surface area contributed by atoms with Crippen LogP contribution in [-0.2, 0) is 4.74 Å². The van der Waals surface area contributed by atoms with E-state index in [0.29, 0.717) is 25.0 Å². The number of carbonyl (C=O) groups is 1. The Labute approximate surface area is 187 Å². The topological polar surface area (TPSA) is 101 Å². The molecule has 8 nitrogen and oxygen atoms in total. The summed E-state index contributed by atoms with van der Waals surface area (Å²) in [6.07, 6.45) is 8.29. The molecule has 0 aromatic carbocycles. The molecule has 0 atom stereocenters. The lowest BCUT2D eigenvalue weighted by Crippen LogP contribution is -2.35. The highest BCUT2D eigenvalue weighted by molar-refractivity contribution is 6.28. The van der Waals surface area contributed by atoms with E-state index in [1.54, 1.807) is 0 Å². The number of unbranched alkanes of at least 4 members (excludes halogenated alkanes) is 6. The predicted octanol–water partition coefficient (Wildman–Crippen LogP) is 5.65. The molecule has 174 valence electrons. The van der Waals surface area contributed by atoms with E-state index in [2.05, 4.69) is 37.8 Å². The molecule has 0 saturated carbocycles. The van der Waals surface area contributed by atoms with Gasteiger partial charge in [0.25, 0.3) is 0 Å². The fourth-order valence-corrected chi connectivity index (χ4v) is 2.60. The molecule has 1 heterocycles. The smallest absolute Gasteiger partial charge is 0.407 e. The molecule has 0 spiro atoms. The average Bonchev–Trinajstić information content (AvgIpc) is 2.67. The lowest BCUT2D eigenvalue weighted by Gasteiger charge is -2.19. The molecule has 0 unspecified atom stereocenters. The van der Waals surface area contributed by atoms with Crippen LogP contribution in [0.2, 0.25) is 5.28 Å². The summed E-state index contributed by atoms with van der Waals surface area (Å²) in [6, 6.07) is 0. The zero-order valence-electron chi connectivity index (χ0n) is 19.6. The Hall–Kier alpha value is -1.83. The van der Waals surface area contributed by atoms with Crippen LogP contribution in [0.25, 0.3) is 0 Å². The SMILES string of the molecule is CC.CCCCCCCCCNc1nc(Cl)nc(NCCNC(=O)OC(C)(C)C)n1. The lowest BCUT2D eigenvalue weighted by molar-refractivity contribution is 0.0530. The third-order valence-electron chi connectivity index (χ3n) is 3.75. The zero-order valence-corrected chi connectivity index (χ0v) is 20.4. The molecule has 0 saturated heterocycles. The number of anilines is 2. The van der Waals surface area contributed by atoms with Crippen molar-refractivity contribution in [1.29, 1.82) is 0 Å². The maximum atomic E-state index is 11.6. The normalized spacial score (nSPS) is 10.6. The van der Waals surface area contributed by atoms with Gasteiger partial charge in [0.1, 0.15) is 5.60 Å².